The third kappa shape index (κ3) is 3.79. The summed E-state index contributed by atoms with van der Waals surface area (Å²) in [5.41, 5.74) is 5.65. The average molecular weight is 300 g/mol. The van der Waals surface area contributed by atoms with Crippen molar-refractivity contribution in [1.29, 1.82) is 0 Å². The van der Waals surface area contributed by atoms with E-state index in [9.17, 15) is 8.42 Å². The summed E-state index contributed by atoms with van der Waals surface area (Å²) in [4.78, 5) is 0. The van der Waals surface area contributed by atoms with Gasteiger partial charge in [-0.05, 0) is 25.3 Å². The standard InChI is InChI=1S/C10H21N3O3S.ClH/c11-8-9-2-1-3-10(9)12-17(14,15)13-4-6-16-7-5-13;/h9-10,12H,1-8,11H2;1H. The first-order valence-corrected chi connectivity index (χ1v) is 7.62. The molecule has 0 radical (unpaired) electrons. The van der Waals surface area contributed by atoms with Gasteiger partial charge < -0.3 is 10.5 Å². The maximum Gasteiger partial charge on any atom is 0.279 e. The number of morpholine rings is 1. The van der Waals surface area contributed by atoms with Crippen LogP contribution in [0, 0.1) is 5.92 Å². The predicted octanol–water partition coefficient (Wildman–Crippen LogP) is -0.298. The van der Waals surface area contributed by atoms with E-state index in [0.717, 1.165) is 19.3 Å². The molecular formula is C10H22ClN3O3S. The Labute approximate surface area is 115 Å². The summed E-state index contributed by atoms with van der Waals surface area (Å²) in [5, 5.41) is 0. The Hall–Kier alpha value is 0.0800. The van der Waals surface area contributed by atoms with E-state index in [1.165, 1.54) is 4.31 Å². The molecule has 0 bridgehead atoms. The minimum Gasteiger partial charge on any atom is -0.379 e. The second-order valence-electron chi connectivity index (χ2n) is 4.67. The molecule has 0 amide bonds. The van der Waals surface area contributed by atoms with E-state index in [0.29, 0.717) is 32.8 Å². The van der Waals surface area contributed by atoms with Gasteiger partial charge in [-0.25, -0.2) is 0 Å². The smallest absolute Gasteiger partial charge is 0.279 e. The second-order valence-corrected chi connectivity index (χ2v) is 6.37. The number of hydrogen-bond donors (Lipinski definition) is 2. The van der Waals surface area contributed by atoms with Crippen LogP contribution in [0.5, 0.6) is 0 Å². The lowest BCUT2D eigenvalue weighted by molar-refractivity contribution is 0.0722. The van der Waals surface area contributed by atoms with Crippen molar-refractivity contribution >= 4 is 22.6 Å². The number of hydrogen-bond acceptors (Lipinski definition) is 4. The molecule has 1 aliphatic heterocycles. The summed E-state index contributed by atoms with van der Waals surface area (Å²) in [6.45, 7) is 2.39. The van der Waals surface area contributed by atoms with Crippen LogP contribution < -0.4 is 10.5 Å². The molecule has 108 valence electrons. The first kappa shape index (κ1) is 16.1. The van der Waals surface area contributed by atoms with E-state index in [-0.39, 0.29) is 24.4 Å². The maximum absolute atomic E-state index is 12.1. The summed E-state index contributed by atoms with van der Waals surface area (Å²) < 4.78 is 33.6. The van der Waals surface area contributed by atoms with Crippen LogP contribution in [0.1, 0.15) is 19.3 Å². The minimum absolute atomic E-state index is 0. The Balaban J connectivity index is 0.00000162. The van der Waals surface area contributed by atoms with Crippen molar-refractivity contribution in [2.45, 2.75) is 25.3 Å². The van der Waals surface area contributed by atoms with Gasteiger partial charge in [-0.3, -0.25) is 0 Å². The molecule has 18 heavy (non-hydrogen) atoms. The van der Waals surface area contributed by atoms with E-state index < -0.39 is 10.2 Å². The Morgan fingerprint density at radius 3 is 2.56 bits per heavy atom. The largest absolute Gasteiger partial charge is 0.379 e. The number of nitrogens with two attached hydrogens (primary N) is 1. The van der Waals surface area contributed by atoms with Crippen LogP contribution >= 0.6 is 12.4 Å². The molecule has 0 aromatic rings. The lowest BCUT2D eigenvalue weighted by Gasteiger charge is -2.29. The molecule has 1 heterocycles. The SMILES string of the molecule is Cl.NCC1CCCC1NS(=O)(=O)N1CCOCC1. The van der Waals surface area contributed by atoms with Crippen molar-refractivity contribution in [2.24, 2.45) is 11.7 Å². The molecule has 2 unspecified atom stereocenters. The predicted molar refractivity (Wildman–Crippen MR) is 71.9 cm³/mol. The molecule has 2 atom stereocenters. The van der Waals surface area contributed by atoms with E-state index in [1.807, 2.05) is 0 Å². The van der Waals surface area contributed by atoms with Crippen LogP contribution in [0.2, 0.25) is 0 Å². The van der Waals surface area contributed by atoms with Gasteiger partial charge in [-0.1, -0.05) is 6.42 Å². The lowest BCUT2D eigenvalue weighted by atomic mass is 10.1. The number of halogens is 1. The summed E-state index contributed by atoms with van der Waals surface area (Å²) in [5.74, 6) is 0.283. The molecule has 2 aliphatic rings. The first-order chi connectivity index (χ1) is 8.13. The first-order valence-electron chi connectivity index (χ1n) is 6.18. The molecule has 3 N–H and O–H groups in total. The van der Waals surface area contributed by atoms with E-state index in [1.54, 1.807) is 0 Å². The summed E-state index contributed by atoms with van der Waals surface area (Å²) >= 11 is 0. The number of rotatable bonds is 4. The van der Waals surface area contributed by atoms with Crippen molar-refractivity contribution < 1.29 is 13.2 Å². The van der Waals surface area contributed by atoms with Gasteiger partial charge >= 0.3 is 0 Å². The third-order valence-electron chi connectivity index (χ3n) is 3.57. The van der Waals surface area contributed by atoms with Gasteiger partial charge in [0, 0.05) is 19.1 Å². The Morgan fingerprint density at radius 1 is 1.28 bits per heavy atom. The molecule has 0 aromatic heterocycles. The van der Waals surface area contributed by atoms with Gasteiger partial charge in [-0.2, -0.15) is 17.4 Å². The molecule has 1 aliphatic carbocycles. The van der Waals surface area contributed by atoms with Crippen molar-refractivity contribution in [3.63, 3.8) is 0 Å². The number of nitrogens with zero attached hydrogens (tertiary/aromatic N) is 1. The fraction of sp³-hybridized carbons (Fsp3) is 1.00. The summed E-state index contributed by atoms with van der Waals surface area (Å²) in [6.07, 6.45) is 2.97. The van der Waals surface area contributed by atoms with Gasteiger partial charge in [0.2, 0.25) is 0 Å². The Morgan fingerprint density at radius 2 is 1.94 bits per heavy atom. The molecule has 6 nitrogen and oxygen atoms in total. The van der Waals surface area contributed by atoms with Gasteiger partial charge in [0.15, 0.2) is 0 Å². The molecule has 0 spiro atoms. The molecular weight excluding hydrogens is 278 g/mol. The maximum atomic E-state index is 12.1. The molecule has 1 saturated carbocycles. The zero-order valence-electron chi connectivity index (χ0n) is 10.4. The normalized spacial score (nSPS) is 30.1. The van der Waals surface area contributed by atoms with Crippen LogP contribution in [0.4, 0.5) is 0 Å². The van der Waals surface area contributed by atoms with E-state index in [4.69, 9.17) is 10.5 Å². The van der Waals surface area contributed by atoms with Crippen molar-refractivity contribution in [3.8, 4) is 0 Å². The van der Waals surface area contributed by atoms with Gasteiger partial charge in [0.25, 0.3) is 10.2 Å². The van der Waals surface area contributed by atoms with Gasteiger partial charge in [0.05, 0.1) is 13.2 Å². The van der Waals surface area contributed by atoms with Crippen molar-refractivity contribution in [3.05, 3.63) is 0 Å². The van der Waals surface area contributed by atoms with Gasteiger partial charge in [0.1, 0.15) is 0 Å². The Bertz CT molecular complexity index is 346. The van der Waals surface area contributed by atoms with Crippen LogP contribution in [-0.4, -0.2) is 51.6 Å². The average Bonchev–Trinajstić information content (AvgIpc) is 2.77. The highest BCUT2D eigenvalue weighted by Crippen LogP contribution is 2.25. The fourth-order valence-electron chi connectivity index (χ4n) is 2.53. The quantitative estimate of drug-likeness (QED) is 0.746. The summed E-state index contributed by atoms with van der Waals surface area (Å²) in [7, 11) is -3.36. The molecule has 8 heteroatoms. The number of nitrogens with one attached hydrogen (secondary N) is 1. The molecule has 2 rings (SSSR count). The molecule has 1 saturated heterocycles. The number of ether oxygens (including phenoxy) is 1. The monoisotopic (exact) mass is 299 g/mol. The van der Waals surface area contributed by atoms with Gasteiger partial charge in [-0.15, -0.1) is 12.4 Å². The zero-order chi connectivity index (χ0) is 12.3. The van der Waals surface area contributed by atoms with Crippen LogP contribution in [0.15, 0.2) is 0 Å². The lowest BCUT2D eigenvalue weighted by Crippen LogP contribution is -2.50. The highest BCUT2D eigenvalue weighted by molar-refractivity contribution is 7.87. The zero-order valence-corrected chi connectivity index (χ0v) is 12.0. The van der Waals surface area contributed by atoms with Crippen LogP contribution in [0.25, 0.3) is 0 Å². The minimum atomic E-state index is -3.36. The summed E-state index contributed by atoms with van der Waals surface area (Å²) in [6, 6.07) is 0.00726. The third-order valence-corrected chi connectivity index (χ3v) is 5.22. The highest BCUT2D eigenvalue weighted by atomic mass is 35.5. The van der Waals surface area contributed by atoms with Crippen molar-refractivity contribution in [2.75, 3.05) is 32.8 Å². The van der Waals surface area contributed by atoms with Crippen molar-refractivity contribution in [1.82, 2.24) is 9.03 Å². The Kier molecular flexibility index (Phi) is 6.29. The van der Waals surface area contributed by atoms with E-state index in [2.05, 4.69) is 4.72 Å². The topological polar surface area (TPSA) is 84.7 Å². The van der Waals surface area contributed by atoms with Crippen LogP contribution in [0.3, 0.4) is 0 Å². The molecule has 0 aromatic carbocycles. The highest BCUT2D eigenvalue weighted by Gasteiger charge is 2.32. The van der Waals surface area contributed by atoms with Crippen LogP contribution in [-0.2, 0) is 14.9 Å². The fourth-order valence-corrected chi connectivity index (χ4v) is 4.00. The second kappa shape index (κ2) is 7.02. The van der Waals surface area contributed by atoms with E-state index >= 15 is 0 Å². The molecule has 2 fully saturated rings.